The van der Waals surface area contributed by atoms with E-state index >= 15 is 0 Å². The third-order valence-corrected chi connectivity index (χ3v) is 3.13. The summed E-state index contributed by atoms with van der Waals surface area (Å²) in [4.78, 5) is 0. The van der Waals surface area contributed by atoms with Gasteiger partial charge in [-0.15, -0.1) is 12.3 Å². The summed E-state index contributed by atoms with van der Waals surface area (Å²) in [6.45, 7) is 4.50. The van der Waals surface area contributed by atoms with Crippen molar-refractivity contribution in [3.8, 4) is 12.3 Å². The third-order valence-electron chi connectivity index (χ3n) is 3.13. The molecule has 2 unspecified atom stereocenters. The number of terminal acetylenes is 1. The van der Waals surface area contributed by atoms with Crippen LogP contribution in [0.4, 0.5) is 0 Å². The Hall–Kier alpha value is -0.480. The van der Waals surface area contributed by atoms with Crippen molar-refractivity contribution >= 4 is 0 Å². The van der Waals surface area contributed by atoms with Gasteiger partial charge in [0.2, 0.25) is 0 Å². The molecule has 1 nitrogen and oxygen atoms in total. The molecule has 0 aromatic rings. The molecule has 1 fully saturated rings. The maximum absolute atomic E-state index is 5.23. The summed E-state index contributed by atoms with van der Waals surface area (Å²) in [5, 5.41) is 3.43. The quantitative estimate of drug-likeness (QED) is 0.488. The van der Waals surface area contributed by atoms with Crippen LogP contribution in [-0.2, 0) is 0 Å². The van der Waals surface area contributed by atoms with Crippen molar-refractivity contribution in [1.29, 1.82) is 0 Å². The minimum absolute atomic E-state index is 0.942. The summed E-state index contributed by atoms with van der Waals surface area (Å²) in [6.07, 6.45) is 11.6. The van der Waals surface area contributed by atoms with Crippen molar-refractivity contribution in [3.63, 3.8) is 0 Å². The van der Waals surface area contributed by atoms with Gasteiger partial charge in [0.05, 0.1) is 0 Å². The van der Waals surface area contributed by atoms with Gasteiger partial charge in [0, 0.05) is 6.42 Å². The van der Waals surface area contributed by atoms with Crippen LogP contribution >= 0.6 is 0 Å². The van der Waals surface area contributed by atoms with Gasteiger partial charge < -0.3 is 5.32 Å². The molecular formula is C12H21N. The van der Waals surface area contributed by atoms with Crippen LogP contribution in [0.1, 0.15) is 39.0 Å². The zero-order chi connectivity index (χ0) is 9.52. The Morgan fingerprint density at radius 3 is 2.69 bits per heavy atom. The average Bonchev–Trinajstić information content (AvgIpc) is 2.11. The van der Waals surface area contributed by atoms with E-state index in [1.165, 1.54) is 32.2 Å². The highest BCUT2D eigenvalue weighted by molar-refractivity contribution is 4.86. The maximum Gasteiger partial charge on any atom is 0.00861 e. The topological polar surface area (TPSA) is 12.0 Å². The normalized spacial score (nSPS) is 26.5. The molecular weight excluding hydrogens is 158 g/mol. The van der Waals surface area contributed by atoms with Gasteiger partial charge in [-0.2, -0.15) is 0 Å². The Balaban J connectivity index is 2.03. The van der Waals surface area contributed by atoms with Crippen molar-refractivity contribution in [1.82, 2.24) is 5.32 Å². The van der Waals surface area contributed by atoms with Crippen LogP contribution in [-0.4, -0.2) is 13.1 Å². The molecule has 0 aliphatic heterocycles. The summed E-state index contributed by atoms with van der Waals surface area (Å²) in [7, 11) is 0. The third kappa shape index (κ3) is 3.40. The summed E-state index contributed by atoms with van der Waals surface area (Å²) in [5.41, 5.74) is 0. The molecule has 1 N–H and O–H groups in total. The van der Waals surface area contributed by atoms with Crippen LogP contribution in [0.2, 0.25) is 0 Å². The van der Waals surface area contributed by atoms with Crippen molar-refractivity contribution in [3.05, 3.63) is 0 Å². The first kappa shape index (κ1) is 10.6. The first-order valence-electron chi connectivity index (χ1n) is 5.52. The molecule has 2 atom stereocenters. The van der Waals surface area contributed by atoms with Crippen LogP contribution in [0.25, 0.3) is 0 Å². The molecule has 0 bridgehead atoms. The molecule has 0 spiro atoms. The Bertz CT molecular complexity index is 168. The lowest BCUT2D eigenvalue weighted by molar-refractivity contribution is 0.159. The van der Waals surface area contributed by atoms with Gasteiger partial charge >= 0.3 is 0 Å². The van der Waals surface area contributed by atoms with E-state index in [0.29, 0.717) is 0 Å². The monoisotopic (exact) mass is 179 g/mol. The van der Waals surface area contributed by atoms with Gasteiger partial charge in [0.15, 0.2) is 0 Å². The van der Waals surface area contributed by atoms with Crippen LogP contribution < -0.4 is 5.32 Å². The van der Waals surface area contributed by atoms with Crippen molar-refractivity contribution in [2.45, 2.75) is 39.0 Å². The van der Waals surface area contributed by atoms with E-state index in [2.05, 4.69) is 18.2 Å². The van der Waals surface area contributed by atoms with Crippen LogP contribution in [0.15, 0.2) is 0 Å². The molecule has 0 heterocycles. The predicted molar refractivity (Wildman–Crippen MR) is 57.4 cm³/mol. The fourth-order valence-corrected chi connectivity index (χ4v) is 2.08. The van der Waals surface area contributed by atoms with Gasteiger partial charge in [0.25, 0.3) is 0 Å². The average molecular weight is 179 g/mol. The predicted octanol–water partition coefficient (Wildman–Crippen LogP) is 2.43. The molecule has 1 aliphatic rings. The summed E-state index contributed by atoms with van der Waals surface area (Å²) >= 11 is 0. The number of unbranched alkanes of at least 4 members (excludes halogenated alkanes) is 1. The van der Waals surface area contributed by atoms with E-state index in [0.717, 1.165) is 24.8 Å². The zero-order valence-corrected chi connectivity index (χ0v) is 8.68. The molecule has 74 valence electrons. The largest absolute Gasteiger partial charge is 0.317 e. The molecule has 0 aromatic heterocycles. The van der Waals surface area contributed by atoms with Crippen LogP contribution in [0.3, 0.4) is 0 Å². The van der Waals surface area contributed by atoms with Gasteiger partial charge in [-0.1, -0.05) is 6.92 Å². The molecule has 1 aliphatic carbocycles. The van der Waals surface area contributed by atoms with Gasteiger partial charge in [0.1, 0.15) is 0 Å². The van der Waals surface area contributed by atoms with E-state index in [4.69, 9.17) is 6.42 Å². The molecule has 0 saturated heterocycles. The maximum atomic E-state index is 5.23. The highest BCUT2D eigenvalue weighted by atomic mass is 14.9. The van der Waals surface area contributed by atoms with Gasteiger partial charge in [-0.3, -0.25) is 0 Å². The summed E-state index contributed by atoms with van der Waals surface area (Å²) in [5.74, 6) is 4.62. The number of hydrogen-bond acceptors (Lipinski definition) is 1. The van der Waals surface area contributed by atoms with E-state index in [1.54, 1.807) is 0 Å². The molecule has 0 radical (unpaired) electrons. The van der Waals surface area contributed by atoms with Crippen LogP contribution in [0.5, 0.6) is 0 Å². The second kappa shape index (κ2) is 6.05. The Morgan fingerprint density at radius 1 is 1.38 bits per heavy atom. The Morgan fingerprint density at radius 2 is 2.15 bits per heavy atom. The molecule has 0 amide bonds. The lowest BCUT2D eigenvalue weighted by Gasteiger charge is -2.37. The lowest BCUT2D eigenvalue weighted by Crippen LogP contribution is -2.35. The number of nitrogens with one attached hydrogen (secondary N) is 1. The molecule has 13 heavy (non-hydrogen) atoms. The zero-order valence-electron chi connectivity index (χ0n) is 8.68. The highest BCUT2D eigenvalue weighted by Crippen LogP contribution is 2.37. The second-order valence-corrected chi connectivity index (χ2v) is 4.00. The van der Waals surface area contributed by atoms with E-state index in [9.17, 15) is 0 Å². The van der Waals surface area contributed by atoms with Crippen molar-refractivity contribution in [2.75, 3.05) is 13.1 Å². The SMILES string of the molecule is C#CCCCC1CCC1CNCC. The molecule has 0 aromatic carbocycles. The summed E-state index contributed by atoms with van der Waals surface area (Å²) < 4.78 is 0. The fraction of sp³-hybridized carbons (Fsp3) is 0.833. The van der Waals surface area contributed by atoms with Crippen molar-refractivity contribution in [2.24, 2.45) is 11.8 Å². The number of hydrogen-bond donors (Lipinski definition) is 1. The Kier molecular flexibility index (Phi) is 4.93. The molecule has 1 heteroatoms. The van der Waals surface area contributed by atoms with Crippen LogP contribution in [0, 0.1) is 24.2 Å². The van der Waals surface area contributed by atoms with Gasteiger partial charge in [-0.05, 0) is 50.6 Å². The molecule has 1 rings (SSSR count). The number of rotatable bonds is 6. The van der Waals surface area contributed by atoms with E-state index in [-0.39, 0.29) is 0 Å². The fourth-order valence-electron chi connectivity index (χ4n) is 2.08. The lowest BCUT2D eigenvalue weighted by atomic mass is 9.71. The van der Waals surface area contributed by atoms with E-state index in [1.807, 2.05) is 0 Å². The first-order chi connectivity index (χ1) is 6.38. The first-order valence-corrected chi connectivity index (χ1v) is 5.52. The second-order valence-electron chi connectivity index (χ2n) is 4.00. The van der Waals surface area contributed by atoms with E-state index < -0.39 is 0 Å². The molecule has 1 saturated carbocycles. The van der Waals surface area contributed by atoms with Gasteiger partial charge in [-0.25, -0.2) is 0 Å². The standard InChI is InChI=1S/C12H21N/c1-3-5-6-7-11-8-9-12(11)10-13-4-2/h1,11-13H,4-10H2,2H3. The Labute approximate surface area is 82.3 Å². The smallest absolute Gasteiger partial charge is 0.00861 e. The highest BCUT2D eigenvalue weighted by Gasteiger charge is 2.29. The minimum atomic E-state index is 0.942. The van der Waals surface area contributed by atoms with Crippen molar-refractivity contribution < 1.29 is 0 Å². The summed E-state index contributed by atoms with van der Waals surface area (Å²) in [6, 6.07) is 0. The minimum Gasteiger partial charge on any atom is -0.317 e.